The van der Waals surface area contributed by atoms with Gasteiger partial charge in [0.05, 0.1) is 24.6 Å². The second-order valence-corrected chi connectivity index (χ2v) is 8.46. The van der Waals surface area contributed by atoms with Crippen LogP contribution in [0.4, 0.5) is 23.7 Å². The molecule has 5 rings (SSSR count). The highest BCUT2D eigenvalue weighted by molar-refractivity contribution is 5.89. The molecule has 2 N–H and O–H groups in total. The topological polar surface area (TPSA) is 80.5 Å². The van der Waals surface area contributed by atoms with E-state index in [1.165, 1.54) is 12.1 Å². The number of carbonyl (C=O) groups excluding carboxylic acids is 1. The van der Waals surface area contributed by atoms with Gasteiger partial charge in [0.15, 0.2) is 0 Å². The van der Waals surface area contributed by atoms with Crippen molar-refractivity contribution in [3.05, 3.63) is 103 Å². The zero-order valence-corrected chi connectivity index (χ0v) is 20.2. The van der Waals surface area contributed by atoms with E-state index in [1.807, 2.05) is 59.1 Å². The number of hydrogen-bond acceptors (Lipinski definition) is 4. The third-order valence-corrected chi connectivity index (χ3v) is 5.94. The van der Waals surface area contributed by atoms with Gasteiger partial charge in [-0.15, -0.1) is 0 Å². The quantitative estimate of drug-likeness (QED) is 0.273. The van der Waals surface area contributed by atoms with Crippen molar-refractivity contribution in [3.63, 3.8) is 0 Å². The van der Waals surface area contributed by atoms with Gasteiger partial charge in [0.2, 0.25) is 5.88 Å². The molecule has 7 nitrogen and oxygen atoms in total. The Kier molecular flexibility index (Phi) is 6.69. The summed E-state index contributed by atoms with van der Waals surface area (Å²) in [6.45, 7) is 0.206. The van der Waals surface area contributed by atoms with E-state index in [1.54, 1.807) is 19.5 Å². The minimum absolute atomic E-state index is 0.0618. The van der Waals surface area contributed by atoms with Gasteiger partial charge in [0.1, 0.15) is 5.65 Å². The maximum Gasteiger partial charge on any atom is 0.416 e. The van der Waals surface area contributed by atoms with Crippen molar-refractivity contribution >= 4 is 17.4 Å². The van der Waals surface area contributed by atoms with E-state index in [-0.39, 0.29) is 12.2 Å². The van der Waals surface area contributed by atoms with Crippen LogP contribution in [0.5, 0.6) is 5.88 Å². The Morgan fingerprint density at radius 3 is 2.42 bits per heavy atom. The van der Waals surface area contributed by atoms with Crippen molar-refractivity contribution in [2.45, 2.75) is 12.7 Å². The molecular weight excluding hydrogens is 495 g/mol. The Morgan fingerprint density at radius 2 is 1.71 bits per heavy atom. The zero-order valence-electron chi connectivity index (χ0n) is 20.2. The van der Waals surface area contributed by atoms with E-state index < -0.39 is 17.8 Å². The molecule has 0 saturated heterocycles. The van der Waals surface area contributed by atoms with Crippen LogP contribution in [-0.4, -0.2) is 27.5 Å². The van der Waals surface area contributed by atoms with E-state index in [4.69, 9.17) is 4.74 Å². The van der Waals surface area contributed by atoms with E-state index in [2.05, 4.69) is 20.6 Å². The van der Waals surface area contributed by atoms with Crippen LogP contribution < -0.4 is 15.4 Å². The Morgan fingerprint density at radius 1 is 0.921 bits per heavy atom. The van der Waals surface area contributed by atoms with E-state index in [0.717, 1.165) is 45.7 Å². The number of rotatable bonds is 6. The number of carbonyl (C=O) groups is 1. The number of benzene rings is 2. The highest BCUT2D eigenvalue weighted by atomic mass is 19.4. The van der Waals surface area contributed by atoms with Gasteiger partial charge in [-0.1, -0.05) is 30.3 Å². The number of nitrogens with zero attached hydrogens (tertiary/aromatic N) is 3. The van der Waals surface area contributed by atoms with Crippen LogP contribution in [-0.2, 0) is 12.7 Å². The second-order valence-electron chi connectivity index (χ2n) is 8.46. The molecule has 0 radical (unpaired) electrons. The van der Waals surface area contributed by atoms with Crippen LogP contribution in [0.2, 0.25) is 0 Å². The second kappa shape index (κ2) is 10.3. The number of imidazole rings is 1. The molecule has 0 aliphatic rings. The molecule has 5 aromatic rings. The van der Waals surface area contributed by atoms with Crippen molar-refractivity contribution in [1.29, 1.82) is 0 Å². The Balaban J connectivity index is 1.23. The number of pyridine rings is 2. The smallest absolute Gasteiger partial charge is 0.416 e. The third kappa shape index (κ3) is 5.44. The zero-order chi connectivity index (χ0) is 26.7. The lowest BCUT2D eigenvalue weighted by Gasteiger charge is -2.11. The highest BCUT2D eigenvalue weighted by Crippen LogP contribution is 2.30. The average molecular weight is 518 g/mol. The number of fused-ring (bicyclic) bond motifs is 1. The lowest BCUT2D eigenvalue weighted by molar-refractivity contribution is -0.137. The summed E-state index contributed by atoms with van der Waals surface area (Å²) in [4.78, 5) is 21.0. The molecule has 0 spiro atoms. The molecule has 192 valence electrons. The monoisotopic (exact) mass is 517 g/mol. The summed E-state index contributed by atoms with van der Waals surface area (Å²) in [6, 6.07) is 19.2. The van der Waals surface area contributed by atoms with Crippen molar-refractivity contribution in [3.8, 4) is 28.3 Å². The molecular formula is C28H22F3N5O2. The Bertz CT molecular complexity index is 1580. The molecule has 0 saturated carbocycles. The predicted octanol–water partition coefficient (Wildman–Crippen LogP) is 6.41. The van der Waals surface area contributed by atoms with Crippen molar-refractivity contribution in [2.24, 2.45) is 0 Å². The van der Waals surface area contributed by atoms with Gasteiger partial charge in [-0.25, -0.2) is 14.8 Å². The molecule has 0 unspecified atom stereocenters. The number of anilines is 1. The Hall–Kier alpha value is -4.86. The first-order valence-electron chi connectivity index (χ1n) is 11.6. The number of hydrogen-bond donors (Lipinski definition) is 2. The van der Waals surface area contributed by atoms with Crippen LogP contribution in [0.3, 0.4) is 0 Å². The number of ether oxygens (including phenoxy) is 1. The lowest BCUT2D eigenvalue weighted by Crippen LogP contribution is -2.28. The summed E-state index contributed by atoms with van der Waals surface area (Å²) >= 11 is 0. The maximum absolute atomic E-state index is 12.9. The normalized spacial score (nSPS) is 11.4. The summed E-state index contributed by atoms with van der Waals surface area (Å²) in [7, 11) is 1.57. The first kappa shape index (κ1) is 24.8. The first-order chi connectivity index (χ1) is 18.3. The summed E-state index contributed by atoms with van der Waals surface area (Å²) < 4.78 is 45.7. The number of methoxy groups -OCH3 is 1. The number of alkyl halides is 3. The average Bonchev–Trinajstić information content (AvgIpc) is 3.35. The van der Waals surface area contributed by atoms with Gasteiger partial charge >= 0.3 is 12.2 Å². The van der Waals surface area contributed by atoms with Crippen LogP contribution in [0.25, 0.3) is 28.0 Å². The minimum atomic E-state index is -4.48. The summed E-state index contributed by atoms with van der Waals surface area (Å²) in [5.74, 6) is 0.549. The number of nitrogens with one attached hydrogen (secondary N) is 2. The van der Waals surface area contributed by atoms with Gasteiger partial charge in [-0.05, 0) is 47.5 Å². The highest BCUT2D eigenvalue weighted by Gasteiger charge is 2.30. The van der Waals surface area contributed by atoms with Gasteiger partial charge < -0.3 is 15.4 Å². The van der Waals surface area contributed by atoms with Crippen molar-refractivity contribution in [1.82, 2.24) is 19.7 Å². The first-order valence-corrected chi connectivity index (χ1v) is 11.6. The molecule has 0 aliphatic carbocycles. The third-order valence-electron chi connectivity index (χ3n) is 5.94. The van der Waals surface area contributed by atoms with Gasteiger partial charge in [0.25, 0.3) is 0 Å². The molecule has 0 fully saturated rings. The number of urea groups is 1. The molecule has 10 heteroatoms. The minimum Gasteiger partial charge on any atom is -0.481 e. The molecule has 0 bridgehead atoms. The van der Waals surface area contributed by atoms with Crippen LogP contribution in [0.15, 0.2) is 91.4 Å². The number of aromatic nitrogens is 3. The fraction of sp³-hybridized carbons (Fsp3) is 0.107. The maximum atomic E-state index is 12.9. The summed E-state index contributed by atoms with van der Waals surface area (Å²) in [5, 5.41) is 5.09. The van der Waals surface area contributed by atoms with E-state index in [0.29, 0.717) is 5.88 Å². The molecule has 3 heterocycles. The largest absolute Gasteiger partial charge is 0.481 e. The summed E-state index contributed by atoms with van der Waals surface area (Å²) in [5.41, 5.74) is 4.62. The van der Waals surface area contributed by atoms with Gasteiger partial charge in [0, 0.05) is 41.8 Å². The van der Waals surface area contributed by atoms with Crippen LogP contribution >= 0.6 is 0 Å². The molecule has 2 aromatic carbocycles. The number of amides is 2. The van der Waals surface area contributed by atoms with Gasteiger partial charge in [-0.2, -0.15) is 13.2 Å². The standard InChI is InChI=1S/C28H22F3N5O2/c1-38-26-10-9-21(16-33-26)20-11-12-36-24(17-32-25(36)13-20)19-7-5-18(6-8-19)15-34-27(37)35-23-4-2-3-22(14-23)28(29,30)31/h2-14,16-17H,15H2,1H3,(H2,34,35,37). The lowest BCUT2D eigenvalue weighted by atomic mass is 10.1. The molecule has 0 atom stereocenters. The SMILES string of the molecule is COc1ccc(-c2ccn3c(-c4ccc(CNC(=O)Nc5cccc(C(F)(F)F)c5)cc4)cnc3c2)cn1. The van der Waals surface area contributed by atoms with Crippen LogP contribution in [0, 0.1) is 0 Å². The van der Waals surface area contributed by atoms with Gasteiger partial charge in [-0.3, -0.25) is 4.40 Å². The van der Waals surface area contributed by atoms with Crippen molar-refractivity contribution in [2.75, 3.05) is 12.4 Å². The van der Waals surface area contributed by atoms with Crippen molar-refractivity contribution < 1.29 is 22.7 Å². The predicted molar refractivity (Wildman–Crippen MR) is 138 cm³/mol. The summed E-state index contributed by atoms with van der Waals surface area (Å²) in [6.07, 6.45) is 1.01. The van der Waals surface area contributed by atoms with Crippen LogP contribution in [0.1, 0.15) is 11.1 Å². The molecule has 38 heavy (non-hydrogen) atoms. The van der Waals surface area contributed by atoms with E-state index >= 15 is 0 Å². The van der Waals surface area contributed by atoms with E-state index in [9.17, 15) is 18.0 Å². The molecule has 3 aromatic heterocycles. The molecule has 2 amide bonds. The fourth-order valence-corrected chi connectivity index (χ4v) is 3.97. The number of halogens is 3. The Labute approximate surface area is 215 Å². The molecule has 0 aliphatic heterocycles. The fourth-order valence-electron chi connectivity index (χ4n) is 3.97.